The number of sulfone groups is 1. The third kappa shape index (κ3) is 2.83. The summed E-state index contributed by atoms with van der Waals surface area (Å²) in [6, 6.07) is 0.368. The van der Waals surface area contributed by atoms with Crippen LogP contribution in [0.1, 0.15) is 47.0 Å². The van der Waals surface area contributed by atoms with Gasteiger partial charge in [-0.2, -0.15) is 0 Å². The van der Waals surface area contributed by atoms with Crippen LogP contribution in [0.3, 0.4) is 0 Å². The molecule has 1 N–H and O–H groups in total. The van der Waals surface area contributed by atoms with E-state index in [-0.39, 0.29) is 16.7 Å². The van der Waals surface area contributed by atoms with Crippen molar-refractivity contribution in [1.29, 1.82) is 0 Å². The highest BCUT2D eigenvalue weighted by Crippen LogP contribution is 2.47. The highest BCUT2D eigenvalue weighted by Gasteiger charge is 2.53. The Labute approximate surface area is 117 Å². The van der Waals surface area contributed by atoms with Crippen molar-refractivity contribution in [2.45, 2.75) is 64.6 Å². The van der Waals surface area contributed by atoms with Crippen molar-refractivity contribution in [2.75, 3.05) is 18.1 Å². The standard InChI is InChI=1S/C14H27NO3S/c1-5-14(4)11(9-12(14)18-6-2)15-13(3)7-8-19(16,17)10-13/h11-12,15H,5-10H2,1-4H3. The zero-order valence-corrected chi connectivity index (χ0v) is 13.3. The van der Waals surface area contributed by atoms with E-state index in [9.17, 15) is 8.42 Å². The van der Waals surface area contributed by atoms with Gasteiger partial charge in [-0.25, -0.2) is 8.42 Å². The van der Waals surface area contributed by atoms with Gasteiger partial charge in [-0.15, -0.1) is 0 Å². The van der Waals surface area contributed by atoms with Crippen molar-refractivity contribution in [2.24, 2.45) is 5.41 Å². The molecule has 1 heterocycles. The maximum absolute atomic E-state index is 11.7. The Morgan fingerprint density at radius 1 is 1.32 bits per heavy atom. The maximum Gasteiger partial charge on any atom is 0.152 e. The normalized spacial score (nSPS) is 45.1. The van der Waals surface area contributed by atoms with Crippen LogP contribution in [0.5, 0.6) is 0 Å². The van der Waals surface area contributed by atoms with E-state index in [1.165, 1.54) is 0 Å². The van der Waals surface area contributed by atoms with Gasteiger partial charge in [-0.3, -0.25) is 0 Å². The van der Waals surface area contributed by atoms with Gasteiger partial charge in [0.25, 0.3) is 0 Å². The molecule has 0 radical (unpaired) electrons. The van der Waals surface area contributed by atoms with Gasteiger partial charge in [-0.1, -0.05) is 13.8 Å². The molecule has 4 atom stereocenters. The van der Waals surface area contributed by atoms with Gasteiger partial charge in [0.15, 0.2) is 9.84 Å². The number of hydrogen-bond acceptors (Lipinski definition) is 4. The Morgan fingerprint density at radius 3 is 2.47 bits per heavy atom. The molecule has 1 aliphatic carbocycles. The first-order chi connectivity index (χ1) is 8.75. The summed E-state index contributed by atoms with van der Waals surface area (Å²) in [5, 5.41) is 3.62. The molecular weight excluding hydrogens is 262 g/mol. The minimum atomic E-state index is -2.85. The average molecular weight is 289 g/mol. The zero-order chi connectivity index (χ0) is 14.3. The van der Waals surface area contributed by atoms with Gasteiger partial charge in [-0.05, 0) is 33.1 Å². The highest BCUT2D eigenvalue weighted by atomic mass is 32.2. The second-order valence-electron chi connectivity index (χ2n) is 6.64. The van der Waals surface area contributed by atoms with Gasteiger partial charge in [0.1, 0.15) is 0 Å². The van der Waals surface area contributed by atoms with Crippen molar-refractivity contribution in [3.8, 4) is 0 Å². The Morgan fingerprint density at radius 2 is 2.00 bits per heavy atom. The van der Waals surface area contributed by atoms with Gasteiger partial charge >= 0.3 is 0 Å². The summed E-state index contributed by atoms with van der Waals surface area (Å²) in [6.45, 7) is 9.26. The van der Waals surface area contributed by atoms with E-state index in [4.69, 9.17) is 4.74 Å². The van der Waals surface area contributed by atoms with Gasteiger partial charge in [0.2, 0.25) is 0 Å². The second-order valence-corrected chi connectivity index (χ2v) is 8.82. The van der Waals surface area contributed by atoms with Crippen molar-refractivity contribution >= 4 is 9.84 Å². The highest BCUT2D eigenvalue weighted by molar-refractivity contribution is 7.91. The van der Waals surface area contributed by atoms with Crippen LogP contribution in [-0.4, -0.2) is 44.2 Å². The Hall–Kier alpha value is -0.130. The Kier molecular flexibility index (Phi) is 4.02. The van der Waals surface area contributed by atoms with Crippen LogP contribution < -0.4 is 5.32 Å². The smallest absolute Gasteiger partial charge is 0.152 e. The predicted molar refractivity (Wildman–Crippen MR) is 77.0 cm³/mol. The largest absolute Gasteiger partial charge is 0.378 e. The molecule has 1 aliphatic heterocycles. The second kappa shape index (κ2) is 5.01. The van der Waals surface area contributed by atoms with E-state index in [0.717, 1.165) is 25.9 Å². The molecule has 0 aromatic heterocycles. The summed E-state index contributed by atoms with van der Waals surface area (Å²) in [6.07, 6.45) is 3.08. The van der Waals surface area contributed by atoms with Crippen LogP contribution >= 0.6 is 0 Å². The molecule has 0 aromatic carbocycles. The molecule has 4 nitrogen and oxygen atoms in total. The molecule has 1 saturated heterocycles. The third-order valence-corrected chi connectivity index (χ3v) is 7.04. The Bertz CT molecular complexity index is 436. The van der Waals surface area contributed by atoms with Crippen molar-refractivity contribution in [3.05, 3.63) is 0 Å². The van der Waals surface area contributed by atoms with E-state index in [1.807, 2.05) is 13.8 Å². The summed E-state index contributed by atoms with van der Waals surface area (Å²) in [5.74, 6) is 0.594. The first-order valence-corrected chi connectivity index (χ1v) is 9.16. The quantitative estimate of drug-likeness (QED) is 0.838. The van der Waals surface area contributed by atoms with Crippen LogP contribution in [0.2, 0.25) is 0 Å². The fourth-order valence-electron chi connectivity index (χ4n) is 3.52. The summed E-state index contributed by atoms with van der Waals surface area (Å²) in [7, 11) is -2.85. The molecule has 4 unspecified atom stereocenters. The lowest BCUT2D eigenvalue weighted by atomic mass is 9.61. The number of hydrogen-bond donors (Lipinski definition) is 1. The van der Waals surface area contributed by atoms with Crippen LogP contribution in [0.4, 0.5) is 0 Å². The SMILES string of the molecule is CCOC1CC(NC2(C)CCS(=O)(=O)C2)C1(C)CC. The number of ether oxygens (including phenoxy) is 1. The Balaban J connectivity index is 2.01. The van der Waals surface area contributed by atoms with Crippen molar-refractivity contribution in [3.63, 3.8) is 0 Å². The summed E-state index contributed by atoms with van der Waals surface area (Å²) in [5.41, 5.74) is -0.123. The molecule has 19 heavy (non-hydrogen) atoms. The van der Waals surface area contributed by atoms with Gasteiger partial charge < -0.3 is 10.1 Å². The minimum Gasteiger partial charge on any atom is -0.378 e. The minimum absolute atomic E-state index is 0.130. The fourth-order valence-corrected chi connectivity index (χ4v) is 5.62. The average Bonchev–Trinajstić information content (AvgIpc) is 2.61. The molecule has 112 valence electrons. The lowest BCUT2D eigenvalue weighted by Gasteiger charge is -2.55. The lowest BCUT2D eigenvalue weighted by molar-refractivity contribution is -0.130. The molecular formula is C14H27NO3S. The molecule has 5 heteroatoms. The topological polar surface area (TPSA) is 55.4 Å². The van der Waals surface area contributed by atoms with Crippen LogP contribution in [-0.2, 0) is 14.6 Å². The van der Waals surface area contributed by atoms with E-state index in [2.05, 4.69) is 19.2 Å². The maximum atomic E-state index is 11.7. The molecule has 0 spiro atoms. The van der Waals surface area contributed by atoms with Crippen molar-refractivity contribution < 1.29 is 13.2 Å². The lowest BCUT2D eigenvalue weighted by Crippen LogP contribution is -2.66. The summed E-state index contributed by atoms with van der Waals surface area (Å²) >= 11 is 0. The molecule has 2 fully saturated rings. The van der Waals surface area contributed by atoms with Gasteiger partial charge in [0, 0.05) is 23.6 Å². The molecule has 0 aromatic rings. The predicted octanol–water partition coefficient (Wildman–Crippen LogP) is 1.75. The van der Waals surface area contributed by atoms with E-state index in [0.29, 0.717) is 17.9 Å². The molecule has 2 rings (SSSR count). The molecule has 2 aliphatic rings. The summed E-state index contributed by atoms with van der Waals surface area (Å²) < 4.78 is 29.1. The molecule has 1 saturated carbocycles. The fraction of sp³-hybridized carbons (Fsp3) is 1.00. The van der Waals surface area contributed by atoms with Gasteiger partial charge in [0.05, 0.1) is 17.6 Å². The molecule has 0 amide bonds. The zero-order valence-electron chi connectivity index (χ0n) is 12.5. The number of nitrogens with one attached hydrogen (secondary N) is 1. The van der Waals surface area contributed by atoms with E-state index >= 15 is 0 Å². The van der Waals surface area contributed by atoms with Crippen molar-refractivity contribution in [1.82, 2.24) is 5.32 Å². The number of rotatable bonds is 5. The third-order valence-electron chi connectivity index (χ3n) is 5.14. The monoisotopic (exact) mass is 289 g/mol. The summed E-state index contributed by atoms with van der Waals surface area (Å²) in [4.78, 5) is 0. The van der Waals surface area contributed by atoms with E-state index in [1.54, 1.807) is 0 Å². The van der Waals surface area contributed by atoms with Crippen LogP contribution in [0, 0.1) is 5.41 Å². The van der Waals surface area contributed by atoms with E-state index < -0.39 is 9.84 Å². The van der Waals surface area contributed by atoms with Crippen LogP contribution in [0.25, 0.3) is 0 Å². The first kappa shape index (κ1) is 15.3. The first-order valence-electron chi connectivity index (χ1n) is 7.34. The molecule has 0 bridgehead atoms. The van der Waals surface area contributed by atoms with Crippen LogP contribution in [0.15, 0.2) is 0 Å².